The lowest BCUT2D eigenvalue weighted by molar-refractivity contribution is 0.139. The van der Waals surface area contributed by atoms with Crippen molar-refractivity contribution in [3.05, 3.63) is 0 Å². The number of nitrogens with zero attached hydrogens (tertiary/aromatic N) is 4. The number of nitrogens with one attached hydrogen (secondary N) is 2. The van der Waals surface area contributed by atoms with Crippen molar-refractivity contribution >= 4 is 5.96 Å². The Morgan fingerprint density at radius 1 is 0.923 bits per heavy atom. The number of guanidine groups is 1. The molecule has 0 saturated carbocycles. The van der Waals surface area contributed by atoms with Gasteiger partial charge in [-0.25, -0.2) is 0 Å². The fourth-order valence-electron chi connectivity index (χ4n) is 3.90. The van der Waals surface area contributed by atoms with Crippen LogP contribution in [0.25, 0.3) is 0 Å². The van der Waals surface area contributed by atoms with E-state index in [0.717, 1.165) is 19.0 Å². The molecule has 0 aliphatic carbocycles. The van der Waals surface area contributed by atoms with E-state index in [1.165, 1.54) is 84.5 Å². The maximum Gasteiger partial charge on any atom is 0.190 e. The number of hydrogen-bond donors (Lipinski definition) is 2. The maximum atomic E-state index is 4.38. The van der Waals surface area contributed by atoms with E-state index in [9.17, 15) is 0 Å². The SMILES string of the molecule is CN=C(NCCCN1CCCCCC1)NCC(C)CN1CCN(C)CC1. The average Bonchev–Trinajstić information content (AvgIpc) is 2.92. The number of aliphatic imine (C=N–C) groups is 1. The van der Waals surface area contributed by atoms with Crippen LogP contribution in [0.4, 0.5) is 0 Å². The summed E-state index contributed by atoms with van der Waals surface area (Å²) in [5, 5.41) is 6.99. The van der Waals surface area contributed by atoms with Gasteiger partial charge in [0.1, 0.15) is 0 Å². The fourth-order valence-corrected chi connectivity index (χ4v) is 3.90. The standard InChI is InChI=1S/C20H42N6/c1-19(18-26-15-13-24(3)14-16-26)17-23-20(21-2)22-9-8-12-25-10-6-4-5-7-11-25/h19H,4-18H2,1-3H3,(H2,21,22,23). The molecule has 0 spiro atoms. The Labute approximate surface area is 161 Å². The van der Waals surface area contributed by atoms with E-state index in [0.29, 0.717) is 5.92 Å². The van der Waals surface area contributed by atoms with Gasteiger partial charge in [-0.15, -0.1) is 0 Å². The number of likely N-dealkylation sites (N-methyl/N-ethyl adjacent to an activating group) is 1. The molecule has 2 aliphatic rings. The Morgan fingerprint density at radius 3 is 2.27 bits per heavy atom. The summed E-state index contributed by atoms with van der Waals surface area (Å²) < 4.78 is 0. The molecule has 2 N–H and O–H groups in total. The zero-order valence-electron chi connectivity index (χ0n) is 17.5. The van der Waals surface area contributed by atoms with Crippen LogP contribution in [-0.4, -0.2) is 100 Å². The first-order valence-electron chi connectivity index (χ1n) is 10.7. The van der Waals surface area contributed by atoms with Crippen molar-refractivity contribution in [2.24, 2.45) is 10.9 Å². The minimum atomic E-state index is 0.633. The number of likely N-dealkylation sites (tertiary alicyclic amines) is 1. The zero-order valence-corrected chi connectivity index (χ0v) is 17.5. The molecule has 0 aromatic rings. The Hall–Kier alpha value is -0.850. The van der Waals surface area contributed by atoms with Crippen molar-refractivity contribution in [3.8, 4) is 0 Å². The third kappa shape index (κ3) is 8.69. The summed E-state index contributed by atoms with van der Waals surface area (Å²) in [7, 11) is 4.08. The smallest absolute Gasteiger partial charge is 0.190 e. The quantitative estimate of drug-likeness (QED) is 0.385. The highest BCUT2D eigenvalue weighted by Gasteiger charge is 2.16. The molecule has 1 unspecified atom stereocenters. The molecule has 0 aromatic carbocycles. The van der Waals surface area contributed by atoms with E-state index in [2.05, 4.69) is 44.3 Å². The van der Waals surface area contributed by atoms with E-state index in [1.807, 2.05) is 7.05 Å². The van der Waals surface area contributed by atoms with Gasteiger partial charge < -0.3 is 25.3 Å². The summed E-state index contributed by atoms with van der Waals surface area (Å²) in [5.74, 6) is 1.58. The Balaban J connectivity index is 1.54. The van der Waals surface area contributed by atoms with Crippen LogP contribution < -0.4 is 10.6 Å². The van der Waals surface area contributed by atoms with Gasteiger partial charge in [-0.3, -0.25) is 4.99 Å². The first kappa shape index (κ1) is 21.5. The Bertz CT molecular complexity index is 384. The van der Waals surface area contributed by atoms with Gasteiger partial charge in [-0.2, -0.15) is 0 Å². The molecule has 0 radical (unpaired) electrons. The predicted molar refractivity (Wildman–Crippen MR) is 112 cm³/mol. The van der Waals surface area contributed by atoms with Gasteiger partial charge >= 0.3 is 0 Å². The summed E-state index contributed by atoms with van der Waals surface area (Å²) >= 11 is 0. The fraction of sp³-hybridized carbons (Fsp3) is 0.950. The molecule has 2 heterocycles. The van der Waals surface area contributed by atoms with Crippen LogP contribution in [0.1, 0.15) is 39.0 Å². The molecule has 6 heteroatoms. The van der Waals surface area contributed by atoms with Crippen molar-refractivity contribution < 1.29 is 0 Å². The van der Waals surface area contributed by atoms with Gasteiger partial charge in [-0.05, 0) is 51.9 Å². The first-order chi connectivity index (χ1) is 12.7. The first-order valence-corrected chi connectivity index (χ1v) is 10.7. The van der Waals surface area contributed by atoms with E-state index < -0.39 is 0 Å². The molecule has 26 heavy (non-hydrogen) atoms. The van der Waals surface area contributed by atoms with Crippen LogP contribution in [0.15, 0.2) is 4.99 Å². The second-order valence-corrected chi connectivity index (χ2v) is 8.20. The molecule has 2 fully saturated rings. The molecule has 2 aliphatic heterocycles. The van der Waals surface area contributed by atoms with Crippen molar-refractivity contribution in [2.45, 2.75) is 39.0 Å². The number of piperazine rings is 1. The van der Waals surface area contributed by atoms with Crippen molar-refractivity contribution in [1.82, 2.24) is 25.3 Å². The zero-order chi connectivity index (χ0) is 18.6. The van der Waals surface area contributed by atoms with E-state index >= 15 is 0 Å². The van der Waals surface area contributed by atoms with Crippen LogP contribution in [0, 0.1) is 5.92 Å². The minimum absolute atomic E-state index is 0.633. The topological polar surface area (TPSA) is 46.1 Å². The lowest BCUT2D eigenvalue weighted by Gasteiger charge is -2.34. The predicted octanol–water partition coefficient (Wildman–Crippen LogP) is 1.30. The molecule has 1 atom stereocenters. The Kier molecular flexibility index (Phi) is 10.3. The lowest BCUT2D eigenvalue weighted by atomic mass is 10.1. The molecule has 152 valence electrons. The average molecular weight is 367 g/mol. The highest BCUT2D eigenvalue weighted by atomic mass is 15.2. The van der Waals surface area contributed by atoms with Crippen LogP contribution >= 0.6 is 0 Å². The van der Waals surface area contributed by atoms with Gasteiger partial charge in [0, 0.05) is 52.9 Å². The largest absolute Gasteiger partial charge is 0.356 e. The summed E-state index contributed by atoms with van der Waals surface area (Å²) in [6.07, 6.45) is 6.77. The summed E-state index contributed by atoms with van der Waals surface area (Å²) in [6, 6.07) is 0. The van der Waals surface area contributed by atoms with Crippen LogP contribution in [0.5, 0.6) is 0 Å². The van der Waals surface area contributed by atoms with Crippen molar-refractivity contribution in [2.75, 3.05) is 79.5 Å². The highest BCUT2D eigenvalue weighted by Crippen LogP contribution is 2.09. The van der Waals surface area contributed by atoms with Gasteiger partial charge in [0.05, 0.1) is 0 Å². The van der Waals surface area contributed by atoms with Crippen molar-refractivity contribution in [3.63, 3.8) is 0 Å². The molecule has 0 aromatic heterocycles. The van der Waals surface area contributed by atoms with Crippen LogP contribution in [0.2, 0.25) is 0 Å². The summed E-state index contributed by atoms with van der Waals surface area (Å²) in [5.41, 5.74) is 0. The third-order valence-corrected chi connectivity index (χ3v) is 5.65. The summed E-state index contributed by atoms with van der Waals surface area (Å²) in [4.78, 5) is 12.0. The molecular weight excluding hydrogens is 324 g/mol. The van der Waals surface area contributed by atoms with Gasteiger partial charge in [0.25, 0.3) is 0 Å². The summed E-state index contributed by atoms with van der Waals surface area (Å²) in [6.45, 7) is 14.1. The Morgan fingerprint density at radius 2 is 1.62 bits per heavy atom. The number of hydrogen-bond acceptors (Lipinski definition) is 4. The van der Waals surface area contributed by atoms with Crippen molar-refractivity contribution in [1.29, 1.82) is 0 Å². The van der Waals surface area contributed by atoms with Crippen LogP contribution in [-0.2, 0) is 0 Å². The molecule has 0 bridgehead atoms. The molecule has 2 rings (SSSR count). The monoisotopic (exact) mass is 366 g/mol. The van der Waals surface area contributed by atoms with Gasteiger partial charge in [0.2, 0.25) is 0 Å². The third-order valence-electron chi connectivity index (χ3n) is 5.65. The number of rotatable bonds is 8. The molecular formula is C20H42N6. The maximum absolute atomic E-state index is 4.38. The molecule has 0 amide bonds. The van der Waals surface area contributed by atoms with Gasteiger partial charge in [0.15, 0.2) is 5.96 Å². The van der Waals surface area contributed by atoms with E-state index in [4.69, 9.17) is 0 Å². The second kappa shape index (κ2) is 12.5. The van der Waals surface area contributed by atoms with Crippen LogP contribution in [0.3, 0.4) is 0 Å². The highest BCUT2D eigenvalue weighted by molar-refractivity contribution is 5.79. The normalized spacial score (nSPS) is 22.8. The minimum Gasteiger partial charge on any atom is -0.356 e. The lowest BCUT2D eigenvalue weighted by Crippen LogP contribution is -2.47. The molecule has 2 saturated heterocycles. The van der Waals surface area contributed by atoms with Gasteiger partial charge in [-0.1, -0.05) is 19.8 Å². The molecule has 6 nitrogen and oxygen atoms in total. The van der Waals surface area contributed by atoms with E-state index in [1.54, 1.807) is 0 Å². The second-order valence-electron chi connectivity index (χ2n) is 8.20. The van der Waals surface area contributed by atoms with E-state index in [-0.39, 0.29) is 0 Å².